The summed E-state index contributed by atoms with van der Waals surface area (Å²) in [4.78, 5) is 11.1. The lowest BCUT2D eigenvalue weighted by atomic mass is 10.1. The van der Waals surface area contributed by atoms with Gasteiger partial charge in [-0.1, -0.05) is 51.9 Å². The van der Waals surface area contributed by atoms with Gasteiger partial charge in [0.2, 0.25) is 0 Å². The lowest BCUT2D eigenvalue weighted by molar-refractivity contribution is -0.145. The molecule has 0 aliphatic heterocycles. The van der Waals surface area contributed by atoms with Crippen LogP contribution in [0.4, 0.5) is 0 Å². The highest BCUT2D eigenvalue weighted by molar-refractivity contribution is 5.69. The second-order valence-electron chi connectivity index (χ2n) is 5.34. The molecule has 0 aromatic carbocycles. The van der Waals surface area contributed by atoms with Gasteiger partial charge in [-0.25, -0.2) is 0 Å². The summed E-state index contributed by atoms with van der Waals surface area (Å²) in [6, 6.07) is 0. The molecule has 1 unspecified atom stereocenters. The van der Waals surface area contributed by atoms with Crippen LogP contribution in [0.25, 0.3) is 0 Å². The van der Waals surface area contributed by atoms with E-state index < -0.39 is 6.10 Å². The number of hydrogen-bond donors (Lipinski definition) is 2. The van der Waals surface area contributed by atoms with Gasteiger partial charge in [0, 0.05) is 6.54 Å². The highest BCUT2D eigenvalue weighted by atomic mass is 16.5. The fraction of sp³-hybridized carbons (Fsp3) is 0.938. The van der Waals surface area contributed by atoms with Crippen molar-refractivity contribution in [3.05, 3.63) is 0 Å². The zero-order valence-electron chi connectivity index (χ0n) is 13.3. The smallest absolute Gasteiger partial charge is 0.308 e. The van der Waals surface area contributed by atoms with Crippen molar-refractivity contribution in [2.24, 2.45) is 0 Å². The summed E-state index contributed by atoms with van der Waals surface area (Å²) < 4.78 is 4.79. The lowest BCUT2D eigenvalue weighted by Crippen LogP contribution is -2.29. The number of nitrogens with one attached hydrogen (secondary N) is 1. The predicted octanol–water partition coefficient (Wildman–Crippen LogP) is 3.03. The third-order valence-corrected chi connectivity index (χ3v) is 3.29. The highest BCUT2D eigenvalue weighted by Gasteiger charge is 2.10. The first-order chi connectivity index (χ1) is 9.70. The minimum Gasteiger partial charge on any atom is -0.466 e. The number of rotatable bonds is 14. The minimum atomic E-state index is -0.636. The standard InChI is InChI=1S/C16H33NO3/c1-3-5-6-7-8-9-10-11-12-17-14-15(18)13-16(19)20-4-2/h15,17-18H,3-14H2,1-2H3. The third kappa shape index (κ3) is 13.8. The molecule has 2 N–H and O–H groups in total. The van der Waals surface area contributed by atoms with Crippen molar-refractivity contribution in [1.29, 1.82) is 0 Å². The van der Waals surface area contributed by atoms with E-state index in [4.69, 9.17) is 4.74 Å². The number of aliphatic hydroxyl groups excluding tert-OH is 1. The number of carbonyl (C=O) groups excluding carboxylic acids is 1. The number of hydrogen-bond acceptors (Lipinski definition) is 4. The van der Waals surface area contributed by atoms with Crippen LogP contribution in [0.1, 0.15) is 71.6 Å². The largest absolute Gasteiger partial charge is 0.466 e. The molecule has 1 atom stereocenters. The average Bonchev–Trinajstić information content (AvgIpc) is 2.41. The Morgan fingerprint density at radius 1 is 1.05 bits per heavy atom. The Kier molecular flexibility index (Phi) is 14.3. The van der Waals surface area contributed by atoms with E-state index in [1.165, 1.54) is 44.9 Å². The van der Waals surface area contributed by atoms with Crippen molar-refractivity contribution in [2.75, 3.05) is 19.7 Å². The van der Waals surface area contributed by atoms with Crippen LogP contribution in [0, 0.1) is 0 Å². The Morgan fingerprint density at radius 2 is 1.65 bits per heavy atom. The summed E-state index contributed by atoms with van der Waals surface area (Å²) in [5.41, 5.74) is 0. The molecule has 4 heteroatoms. The summed E-state index contributed by atoms with van der Waals surface area (Å²) >= 11 is 0. The molecule has 0 saturated heterocycles. The monoisotopic (exact) mass is 287 g/mol. The molecule has 20 heavy (non-hydrogen) atoms. The Morgan fingerprint density at radius 3 is 2.25 bits per heavy atom. The molecule has 0 fully saturated rings. The van der Waals surface area contributed by atoms with Gasteiger partial charge in [-0.05, 0) is 19.9 Å². The summed E-state index contributed by atoms with van der Waals surface area (Å²) in [7, 11) is 0. The fourth-order valence-electron chi connectivity index (χ4n) is 2.14. The first-order valence-electron chi connectivity index (χ1n) is 8.25. The summed E-state index contributed by atoms with van der Waals surface area (Å²) in [6.45, 7) is 5.76. The molecular weight excluding hydrogens is 254 g/mol. The normalized spacial score (nSPS) is 12.3. The number of unbranched alkanes of at least 4 members (excludes halogenated alkanes) is 7. The first-order valence-corrected chi connectivity index (χ1v) is 8.25. The molecule has 0 bridgehead atoms. The Labute approximate surface area is 124 Å². The van der Waals surface area contributed by atoms with Crippen LogP contribution in [-0.2, 0) is 9.53 Å². The van der Waals surface area contributed by atoms with Gasteiger partial charge in [0.05, 0.1) is 19.1 Å². The van der Waals surface area contributed by atoms with Crippen molar-refractivity contribution in [1.82, 2.24) is 5.32 Å². The van der Waals surface area contributed by atoms with Crippen molar-refractivity contribution < 1.29 is 14.6 Å². The van der Waals surface area contributed by atoms with Gasteiger partial charge >= 0.3 is 5.97 Å². The van der Waals surface area contributed by atoms with Crippen LogP contribution in [0.5, 0.6) is 0 Å². The molecule has 0 radical (unpaired) electrons. The quantitative estimate of drug-likeness (QED) is 0.381. The molecule has 0 saturated carbocycles. The molecule has 0 aromatic rings. The number of ether oxygens (including phenoxy) is 1. The molecule has 0 rings (SSSR count). The van der Waals surface area contributed by atoms with E-state index in [1.54, 1.807) is 6.92 Å². The maximum absolute atomic E-state index is 11.1. The summed E-state index contributed by atoms with van der Waals surface area (Å²) in [5, 5.41) is 12.8. The van der Waals surface area contributed by atoms with Gasteiger partial charge in [-0.2, -0.15) is 0 Å². The summed E-state index contributed by atoms with van der Waals surface area (Å²) in [6.07, 6.45) is 9.86. The lowest BCUT2D eigenvalue weighted by Gasteiger charge is -2.11. The van der Waals surface area contributed by atoms with Gasteiger partial charge in [-0.15, -0.1) is 0 Å². The van der Waals surface area contributed by atoms with Crippen molar-refractivity contribution in [3.63, 3.8) is 0 Å². The molecule has 0 spiro atoms. The Balaban J connectivity index is 3.21. The zero-order chi connectivity index (χ0) is 15.1. The molecule has 0 heterocycles. The first kappa shape index (κ1) is 19.4. The van der Waals surface area contributed by atoms with Crippen LogP contribution in [-0.4, -0.2) is 36.9 Å². The van der Waals surface area contributed by atoms with E-state index in [2.05, 4.69) is 12.2 Å². The van der Waals surface area contributed by atoms with Crippen molar-refractivity contribution >= 4 is 5.97 Å². The Hall–Kier alpha value is -0.610. The van der Waals surface area contributed by atoms with Crippen LogP contribution in [0.3, 0.4) is 0 Å². The van der Waals surface area contributed by atoms with E-state index in [0.717, 1.165) is 13.0 Å². The minimum absolute atomic E-state index is 0.0816. The van der Waals surface area contributed by atoms with Crippen LogP contribution in [0.15, 0.2) is 0 Å². The number of esters is 1. The van der Waals surface area contributed by atoms with Crippen LogP contribution >= 0.6 is 0 Å². The molecule has 0 amide bonds. The molecule has 0 aliphatic carbocycles. The Bertz CT molecular complexity index is 222. The molecule has 0 aromatic heterocycles. The van der Waals surface area contributed by atoms with Crippen LogP contribution < -0.4 is 5.32 Å². The van der Waals surface area contributed by atoms with E-state index >= 15 is 0 Å². The van der Waals surface area contributed by atoms with Crippen molar-refractivity contribution in [3.8, 4) is 0 Å². The predicted molar refractivity (Wildman–Crippen MR) is 82.7 cm³/mol. The maximum atomic E-state index is 11.1. The molecule has 4 nitrogen and oxygen atoms in total. The van der Waals surface area contributed by atoms with Gasteiger partial charge in [-0.3, -0.25) is 4.79 Å². The van der Waals surface area contributed by atoms with E-state index in [1.807, 2.05) is 0 Å². The zero-order valence-corrected chi connectivity index (χ0v) is 13.3. The second-order valence-corrected chi connectivity index (χ2v) is 5.34. The summed E-state index contributed by atoms with van der Waals surface area (Å²) in [5.74, 6) is -0.325. The van der Waals surface area contributed by atoms with Gasteiger partial charge in [0.1, 0.15) is 0 Å². The maximum Gasteiger partial charge on any atom is 0.308 e. The van der Waals surface area contributed by atoms with Crippen molar-refractivity contribution in [2.45, 2.75) is 77.7 Å². The highest BCUT2D eigenvalue weighted by Crippen LogP contribution is 2.07. The number of aliphatic hydroxyl groups is 1. The van der Waals surface area contributed by atoms with Gasteiger partial charge < -0.3 is 15.2 Å². The van der Waals surface area contributed by atoms with Crippen LogP contribution in [0.2, 0.25) is 0 Å². The van der Waals surface area contributed by atoms with Gasteiger partial charge in [0.25, 0.3) is 0 Å². The van der Waals surface area contributed by atoms with E-state index in [-0.39, 0.29) is 12.4 Å². The molecular formula is C16H33NO3. The van der Waals surface area contributed by atoms with Gasteiger partial charge in [0.15, 0.2) is 0 Å². The van der Waals surface area contributed by atoms with E-state index in [9.17, 15) is 9.90 Å². The number of carbonyl (C=O) groups is 1. The average molecular weight is 287 g/mol. The molecule has 0 aliphatic rings. The third-order valence-electron chi connectivity index (χ3n) is 3.29. The second kappa shape index (κ2) is 14.8. The topological polar surface area (TPSA) is 58.6 Å². The fourth-order valence-corrected chi connectivity index (χ4v) is 2.14. The van der Waals surface area contributed by atoms with E-state index in [0.29, 0.717) is 13.2 Å². The molecule has 120 valence electrons. The SMILES string of the molecule is CCCCCCCCCCNCC(O)CC(=O)OCC.